The van der Waals surface area contributed by atoms with Crippen molar-refractivity contribution in [2.45, 2.75) is 32.9 Å². The van der Waals surface area contributed by atoms with Crippen LogP contribution in [-0.4, -0.2) is 30.1 Å². The predicted octanol–water partition coefficient (Wildman–Crippen LogP) is 2.60. The zero-order valence-electron chi connectivity index (χ0n) is 11.4. The molecular weight excluding hydrogens is 233 g/mol. The molecule has 18 heavy (non-hydrogen) atoms. The second kappa shape index (κ2) is 5.96. The van der Waals surface area contributed by atoms with E-state index in [-0.39, 0.29) is 11.8 Å². The molecule has 0 unspecified atom stereocenters. The third-order valence-electron chi connectivity index (χ3n) is 3.06. The number of ether oxygens (including phenoxy) is 1. The SMILES string of the molecule is CCOC(=O)C(C)(C)N(C)Cc1ccc(F)cc1. The van der Waals surface area contributed by atoms with E-state index < -0.39 is 5.54 Å². The summed E-state index contributed by atoms with van der Waals surface area (Å²) in [4.78, 5) is 13.7. The van der Waals surface area contributed by atoms with Crippen molar-refractivity contribution in [3.63, 3.8) is 0 Å². The first-order chi connectivity index (χ1) is 8.37. The van der Waals surface area contributed by atoms with Crippen LogP contribution in [0.25, 0.3) is 0 Å². The van der Waals surface area contributed by atoms with Gasteiger partial charge in [0.05, 0.1) is 6.61 Å². The van der Waals surface area contributed by atoms with Gasteiger partial charge in [-0.1, -0.05) is 12.1 Å². The van der Waals surface area contributed by atoms with Gasteiger partial charge in [0.2, 0.25) is 0 Å². The molecule has 0 saturated carbocycles. The van der Waals surface area contributed by atoms with Crippen LogP contribution in [0, 0.1) is 5.82 Å². The lowest BCUT2D eigenvalue weighted by atomic mass is 10.0. The van der Waals surface area contributed by atoms with Crippen LogP contribution < -0.4 is 0 Å². The van der Waals surface area contributed by atoms with Crippen LogP contribution in [0.5, 0.6) is 0 Å². The fraction of sp³-hybridized carbons (Fsp3) is 0.500. The number of likely N-dealkylation sites (N-methyl/N-ethyl adjacent to an activating group) is 1. The van der Waals surface area contributed by atoms with Crippen molar-refractivity contribution < 1.29 is 13.9 Å². The summed E-state index contributed by atoms with van der Waals surface area (Å²) in [6.45, 7) is 6.34. The van der Waals surface area contributed by atoms with Crippen LogP contribution >= 0.6 is 0 Å². The summed E-state index contributed by atoms with van der Waals surface area (Å²) in [7, 11) is 1.85. The quantitative estimate of drug-likeness (QED) is 0.755. The number of esters is 1. The number of rotatable bonds is 5. The van der Waals surface area contributed by atoms with Crippen molar-refractivity contribution in [3.05, 3.63) is 35.6 Å². The van der Waals surface area contributed by atoms with Crippen molar-refractivity contribution in [1.29, 1.82) is 0 Å². The second-order valence-electron chi connectivity index (χ2n) is 4.76. The molecule has 1 aromatic carbocycles. The van der Waals surface area contributed by atoms with Crippen LogP contribution in [0.2, 0.25) is 0 Å². The van der Waals surface area contributed by atoms with Gasteiger partial charge in [0.25, 0.3) is 0 Å². The van der Waals surface area contributed by atoms with Crippen LogP contribution in [-0.2, 0) is 16.1 Å². The molecule has 4 heteroatoms. The Balaban J connectivity index is 2.72. The van der Waals surface area contributed by atoms with Crippen molar-refractivity contribution in [2.75, 3.05) is 13.7 Å². The summed E-state index contributed by atoms with van der Waals surface area (Å²) in [6, 6.07) is 6.27. The average molecular weight is 253 g/mol. The van der Waals surface area contributed by atoms with Crippen LogP contribution in [0.1, 0.15) is 26.3 Å². The average Bonchev–Trinajstić information content (AvgIpc) is 2.32. The molecule has 0 atom stereocenters. The second-order valence-corrected chi connectivity index (χ2v) is 4.76. The van der Waals surface area contributed by atoms with Gasteiger partial charge in [0, 0.05) is 6.54 Å². The van der Waals surface area contributed by atoms with E-state index in [4.69, 9.17) is 4.74 Å². The highest BCUT2D eigenvalue weighted by Crippen LogP contribution is 2.18. The normalized spacial score (nSPS) is 11.7. The summed E-state index contributed by atoms with van der Waals surface area (Å²) in [6.07, 6.45) is 0. The Morgan fingerprint density at radius 2 is 1.89 bits per heavy atom. The zero-order chi connectivity index (χ0) is 13.8. The lowest BCUT2D eigenvalue weighted by molar-refractivity contribution is -0.155. The number of hydrogen-bond donors (Lipinski definition) is 0. The third kappa shape index (κ3) is 3.53. The van der Waals surface area contributed by atoms with E-state index in [1.165, 1.54) is 12.1 Å². The summed E-state index contributed by atoms with van der Waals surface area (Å²) >= 11 is 0. The summed E-state index contributed by atoms with van der Waals surface area (Å²) in [5.74, 6) is -0.513. The van der Waals surface area contributed by atoms with E-state index in [2.05, 4.69) is 0 Å². The van der Waals surface area contributed by atoms with Gasteiger partial charge in [-0.2, -0.15) is 0 Å². The smallest absolute Gasteiger partial charge is 0.325 e. The molecule has 3 nitrogen and oxygen atoms in total. The minimum atomic E-state index is -0.704. The number of benzene rings is 1. The van der Waals surface area contributed by atoms with E-state index >= 15 is 0 Å². The van der Waals surface area contributed by atoms with Gasteiger partial charge in [-0.3, -0.25) is 9.69 Å². The Morgan fingerprint density at radius 3 is 2.39 bits per heavy atom. The van der Waals surface area contributed by atoms with Crippen molar-refractivity contribution in [2.24, 2.45) is 0 Å². The molecule has 0 N–H and O–H groups in total. The fourth-order valence-corrected chi connectivity index (χ4v) is 1.52. The molecule has 0 heterocycles. The molecule has 0 fully saturated rings. The molecule has 1 aromatic rings. The fourth-order valence-electron chi connectivity index (χ4n) is 1.52. The Bertz CT molecular complexity index is 401. The van der Waals surface area contributed by atoms with E-state index in [1.807, 2.05) is 25.8 Å². The molecule has 1 rings (SSSR count). The maximum atomic E-state index is 12.8. The van der Waals surface area contributed by atoms with Crippen molar-refractivity contribution >= 4 is 5.97 Å². The van der Waals surface area contributed by atoms with E-state index in [1.54, 1.807) is 19.1 Å². The monoisotopic (exact) mass is 253 g/mol. The lowest BCUT2D eigenvalue weighted by Crippen LogP contribution is -2.48. The van der Waals surface area contributed by atoms with Gasteiger partial charge in [-0.05, 0) is 45.5 Å². The third-order valence-corrected chi connectivity index (χ3v) is 3.06. The van der Waals surface area contributed by atoms with Gasteiger partial charge in [-0.25, -0.2) is 4.39 Å². The largest absolute Gasteiger partial charge is 0.465 e. The topological polar surface area (TPSA) is 29.5 Å². The summed E-state index contributed by atoms with van der Waals surface area (Å²) < 4.78 is 17.8. The Morgan fingerprint density at radius 1 is 1.33 bits per heavy atom. The molecule has 0 aromatic heterocycles. The molecule has 100 valence electrons. The number of carbonyl (C=O) groups is 1. The first-order valence-electron chi connectivity index (χ1n) is 6.00. The molecule has 0 radical (unpaired) electrons. The van der Waals surface area contributed by atoms with Gasteiger partial charge < -0.3 is 4.74 Å². The van der Waals surface area contributed by atoms with Gasteiger partial charge in [0.1, 0.15) is 11.4 Å². The summed E-state index contributed by atoms with van der Waals surface area (Å²) in [5.41, 5.74) is 0.251. The van der Waals surface area contributed by atoms with Crippen LogP contribution in [0.3, 0.4) is 0 Å². The highest BCUT2D eigenvalue weighted by molar-refractivity contribution is 5.79. The van der Waals surface area contributed by atoms with Crippen LogP contribution in [0.4, 0.5) is 4.39 Å². The van der Waals surface area contributed by atoms with Crippen LogP contribution in [0.15, 0.2) is 24.3 Å². The van der Waals surface area contributed by atoms with E-state index in [0.717, 1.165) is 5.56 Å². The number of carbonyl (C=O) groups excluding carboxylic acids is 1. The van der Waals surface area contributed by atoms with Gasteiger partial charge in [-0.15, -0.1) is 0 Å². The maximum absolute atomic E-state index is 12.8. The number of hydrogen-bond acceptors (Lipinski definition) is 3. The minimum absolute atomic E-state index is 0.255. The standard InChI is InChI=1S/C14H20FNO2/c1-5-18-13(17)14(2,3)16(4)10-11-6-8-12(15)9-7-11/h6-9H,5,10H2,1-4H3. The zero-order valence-corrected chi connectivity index (χ0v) is 11.4. The lowest BCUT2D eigenvalue weighted by Gasteiger charge is -2.33. The predicted molar refractivity (Wildman–Crippen MR) is 68.6 cm³/mol. The highest BCUT2D eigenvalue weighted by Gasteiger charge is 2.33. The van der Waals surface area contributed by atoms with Gasteiger partial charge >= 0.3 is 5.97 Å². The Labute approximate surface area is 108 Å². The van der Waals surface area contributed by atoms with Crippen molar-refractivity contribution in [3.8, 4) is 0 Å². The first-order valence-corrected chi connectivity index (χ1v) is 6.00. The Kier molecular flexibility index (Phi) is 4.84. The van der Waals surface area contributed by atoms with Crippen molar-refractivity contribution in [1.82, 2.24) is 4.90 Å². The molecule has 0 spiro atoms. The van der Waals surface area contributed by atoms with E-state index in [9.17, 15) is 9.18 Å². The first kappa shape index (κ1) is 14.6. The molecule has 0 aliphatic carbocycles. The minimum Gasteiger partial charge on any atom is -0.465 e. The van der Waals surface area contributed by atoms with Gasteiger partial charge in [0.15, 0.2) is 0 Å². The number of halogens is 1. The molecule has 0 saturated heterocycles. The molecule has 0 aliphatic heterocycles. The molecule has 0 bridgehead atoms. The Hall–Kier alpha value is -1.42. The molecular formula is C14H20FNO2. The van der Waals surface area contributed by atoms with E-state index in [0.29, 0.717) is 13.2 Å². The molecule has 0 aliphatic rings. The number of nitrogens with zero attached hydrogens (tertiary/aromatic N) is 1. The highest BCUT2D eigenvalue weighted by atomic mass is 19.1. The summed E-state index contributed by atoms with van der Waals surface area (Å²) in [5, 5.41) is 0. The molecule has 0 amide bonds. The maximum Gasteiger partial charge on any atom is 0.325 e.